The number of nitrogens with one attached hydrogen (secondary N) is 1. The minimum atomic E-state index is 0.156. The van der Waals surface area contributed by atoms with Gasteiger partial charge < -0.3 is 10.1 Å². The number of epoxide rings is 1. The van der Waals surface area contributed by atoms with E-state index in [1.807, 2.05) is 14.0 Å². The first-order valence-electron chi connectivity index (χ1n) is 3.20. The van der Waals surface area contributed by atoms with Gasteiger partial charge in [0.15, 0.2) is 0 Å². The molecule has 0 bridgehead atoms. The molecule has 1 rings (SSSR count). The van der Waals surface area contributed by atoms with Crippen molar-refractivity contribution in [3.8, 4) is 0 Å². The van der Waals surface area contributed by atoms with Crippen LogP contribution in [0.3, 0.4) is 0 Å². The Balaban J connectivity index is 2.09. The van der Waals surface area contributed by atoms with Crippen LogP contribution in [0.5, 0.6) is 0 Å². The SMILES string of the molecule is CNCC1OC1C(C)Cl. The lowest BCUT2D eigenvalue weighted by Crippen LogP contribution is -2.17. The molecule has 3 heteroatoms. The van der Waals surface area contributed by atoms with Crippen LogP contribution >= 0.6 is 11.6 Å². The summed E-state index contributed by atoms with van der Waals surface area (Å²) in [6, 6.07) is 0. The summed E-state index contributed by atoms with van der Waals surface area (Å²) in [4.78, 5) is 0. The van der Waals surface area contributed by atoms with Crippen LogP contribution in [-0.2, 0) is 4.74 Å². The van der Waals surface area contributed by atoms with Crippen LogP contribution in [0.15, 0.2) is 0 Å². The highest BCUT2D eigenvalue weighted by molar-refractivity contribution is 6.21. The average Bonchev–Trinajstić information content (AvgIpc) is 2.47. The smallest absolute Gasteiger partial charge is 0.101 e. The van der Waals surface area contributed by atoms with E-state index in [-0.39, 0.29) is 5.38 Å². The Kier molecular flexibility index (Phi) is 2.33. The van der Waals surface area contributed by atoms with E-state index in [4.69, 9.17) is 16.3 Å². The predicted molar refractivity (Wildman–Crippen MR) is 37.9 cm³/mol. The molecule has 1 saturated heterocycles. The van der Waals surface area contributed by atoms with Crippen LogP contribution in [0.1, 0.15) is 6.92 Å². The van der Waals surface area contributed by atoms with Gasteiger partial charge in [-0.1, -0.05) is 0 Å². The minimum Gasteiger partial charge on any atom is -0.367 e. The third kappa shape index (κ3) is 1.81. The van der Waals surface area contributed by atoms with Crippen LogP contribution in [0.4, 0.5) is 0 Å². The van der Waals surface area contributed by atoms with Gasteiger partial charge in [0.25, 0.3) is 0 Å². The molecule has 0 aromatic heterocycles. The van der Waals surface area contributed by atoms with Crippen molar-refractivity contribution in [2.24, 2.45) is 0 Å². The van der Waals surface area contributed by atoms with Gasteiger partial charge in [0.1, 0.15) is 6.10 Å². The van der Waals surface area contributed by atoms with E-state index in [0.29, 0.717) is 12.2 Å². The highest BCUT2D eigenvalue weighted by atomic mass is 35.5. The molecule has 9 heavy (non-hydrogen) atoms. The Morgan fingerprint density at radius 2 is 2.44 bits per heavy atom. The summed E-state index contributed by atoms with van der Waals surface area (Å²) in [5.74, 6) is 0. The van der Waals surface area contributed by atoms with E-state index in [1.165, 1.54) is 0 Å². The van der Waals surface area contributed by atoms with E-state index < -0.39 is 0 Å². The van der Waals surface area contributed by atoms with Crippen molar-refractivity contribution in [3.63, 3.8) is 0 Å². The molecule has 2 nitrogen and oxygen atoms in total. The van der Waals surface area contributed by atoms with Gasteiger partial charge in [-0.2, -0.15) is 0 Å². The van der Waals surface area contributed by atoms with Gasteiger partial charge in [0, 0.05) is 6.54 Å². The van der Waals surface area contributed by atoms with Crippen molar-refractivity contribution in [1.82, 2.24) is 5.32 Å². The monoisotopic (exact) mass is 149 g/mol. The lowest BCUT2D eigenvalue weighted by molar-refractivity contribution is 0.365. The molecule has 3 atom stereocenters. The molecule has 1 heterocycles. The second-order valence-corrected chi connectivity index (χ2v) is 3.06. The van der Waals surface area contributed by atoms with Gasteiger partial charge >= 0.3 is 0 Å². The zero-order chi connectivity index (χ0) is 6.85. The molecule has 0 saturated carbocycles. The van der Waals surface area contributed by atoms with Gasteiger partial charge in [0.2, 0.25) is 0 Å². The van der Waals surface area contributed by atoms with Crippen LogP contribution in [-0.4, -0.2) is 31.2 Å². The molecule has 0 aromatic carbocycles. The lowest BCUT2D eigenvalue weighted by atomic mass is 10.2. The third-order valence-electron chi connectivity index (χ3n) is 1.48. The number of alkyl halides is 1. The standard InChI is InChI=1S/C6H12ClNO/c1-4(7)6-5(9-6)3-8-2/h4-6,8H,3H2,1-2H3. The normalized spacial score (nSPS) is 36.3. The van der Waals surface area contributed by atoms with E-state index in [2.05, 4.69) is 5.32 Å². The first kappa shape index (κ1) is 7.32. The second-order valence-electron chi connectivity index (χ2n) is 2.37. The molecule has 0 amide bonds. The molecule has 1 N–H and O–H groups in total. The third-order valence-corrected chi connectivity index (χ3v) is 1.73. The van der Waals surface area contributed by atoms with Crippen molar-refractivity contribution >= 4 is 11.6 Å². The fraction of sp³-hybridized carbons (Fsp3) is 1.00. The molecule has 1 aliphatic heterocycles. The zero-order valence-electron chi connectivity index (χ0n) is 5.73. The summed E-state index contributed by atoms with van der Waals surface area (Å²) in [6.07, 6.45) is 0.654. The Morgan fingerprint density at radius 1 is 1.78 bits per heavy atom. The van der Waals surface area contributed by atoms with Gasteiger partial charge in [-0.25, -0.2) is 0 Å². The van der Waals surface area contributed by atoms with E-state index in [9.17, 15) is 0 Å². The molecule has 1 fully saturated rings. The van der Waals surface area contributed by atoms with E-state index >= 15 is 0 Å². The van der Waals surface area contributed by atoms with Crippen LogP contribution in [0.2, 0.25) is 0 Å². The van der Waals surface area contributed by atoms with Gasteiger partial charge in [-0.15, -0.1) is 11.6 Å². The molecular weight excluding hydrogens is 138 g/mol. The molecular formula is C6H12ClNO. The number of hydrogen-bond donors (Lipinski definition) is 1. The van der Waals surface area contributed by atoms with E-state index in [1.54, 1.807) is 0 Å². The quantitative estimate of drug-likeness (QED) is 0.470. The molecule has 0 aliphatic carbocycles. The second kappa shape index (κ2) is 2.86. The topological polar surface area (TPSA) is 24.6 Å². The first-order valence-corrected chi connectivity index (χ1v) is 3.63. The largest absolute Gasteiger partial charge is 0.367 e. The number of ether oxygens (including phenoxy) is 1. The van der Waals surface area contributed by atoms with E-state index in [0.717, 1.165) is 6.54 Å². The number of rotatable bonds is 3. The zero-order valence-corrected chi connectivity index (χ0v) is 6.48. The Hall–Kier alpha value is 0.210. The molecule has 1 aliphatic rings. The summed E-state index contributed by atoms with van der Waals surface area (Å²) >= 11 is 5.75. The van der Waals surface area contributed by atoms with Gasteiger partial charge in [-0.05, 0) is 14.0 Å². The number of likely N-dealkylation sites (N-methyl/N-ethyl adjacent to an activating group) is 1. The maximum atomic E-state index is 5.75. The summed E-state index contributed by atoms with van der Waals surface area (Å²) < 4.78 is 5.22. The highest BCUT2D eigenvalue weighted by Crippen LogP contribution is 2.27. The molecule has 3 unspecified atom stereocenters. The fourth-order valence-electron chi connectivity index (χ4n) is 0.926. The first-order chi connectivity index (χ1) is 4.25. The van der Waals surface area contributed by atoms with Crippen molar-refractivity contribution < 1.29 is 4.74 Å². The van der Waals surface area contributed by atoms with Crippen molar-refractivity contribution in [2.75, 3.05) is 13.6 Å². The summed E-state index contributed by atoms with van der Waals surface area (Å²) in [5, 5.41) is 3.19. The number of hydrogen-bond acceptors (Lipinski definition) is 2. The van der Waals surface area contributed by atoms with Crippen molar-refractivity contribution in [2.45, 2.75) is 24.5 Å². The van der Waals surface area contributed by atoms with Crippen LogP contribution < -0.4 is 5.32 Å². The van der Waals surface area contributed by atoms with Crippen molar-refractivity contribution in [1.29, 1.82) is 0 Å². The average molecular weight is 150 g/mol. The fourth-order valence-corrected chi connectivity index (χ4v) is 1.15. The molecule has 0 aromatic rings. The minimum absolute atomic E-state index is 0.156. The maximum Gasteiger partial charge on any atom is 0.101 e. The predicted octanol–water partition coefficient (Wildman–Crippen LogP) is 0.600. The summed E-state index contributed by atoms with van der Waals surface area (Å²) in [6.45, 7) is 2.88. The maximum absolute atomic E-state index is 5.75. The van der Waals surface area contributed by atoms with Gasteiger partial charge in [-0.3, -0.25) is 0 Å². The molecule has 0 radical (unpaired) electrons. The Morgan fingerprint density at radius 3 is 2.78 bits per heavy atom. The van der Waals surface area contributed by atoms with Crippen LogP contribution in [0.25, 0.3) is 0 Å². The highest BCUT2D eigenvalue weighted by Gasteiger charge is 2.41. The summed E-state index contributed by atoms with van der Waals surface area (Å²) in [7, 11) is 1.91. The Bertz CT molecular complexity index is 97.1. The Labute approximate surface area is 60.5 Å². The van der Waals surface area contributed by atoms with Crippen LogP contribution in [0, 0.1) is 0 Å². The summed E-state index contributed by atoms with van der Waals surface area (Å²) in [5.41, 5.74) is 0. The lowest BCUT2D eigenvalue weighted by Gasteiger charge is -1.93. The van der Waals surface area contributed by atoms with Crippen molar-refractivity contribution in [3.05, 3.63) is 0 Å². The van der Waals surface area contributed by atoms with Gasteiger partial charge in [0.05, 0.1) is 11.5 Å². The molecule has 54 valence electrons. The molecule has 0 spiro atoms. The number of halogens is 1.